The van der Waals surface area contributed by atoms with Crippen LogP contribution in [0.3, 0.4) is 0 Å². The van der Waals surface area contributed by atoms with Gasteiger partial charge in [0.15, 0.2) is 5.58 Å². The Balaban J connectivity index is 1.89. The number of rotatable bonds is 6. The van der Waals surface area contributed by atoms with Crippen LogP contribution in [0.2, 0.25) is 0 Å². The molecular weight excluding hydrogens is 406 g/mol. The molecule has 0 radical (unpaired) electrons. The average Bonchev–Trinajstić information content (AvgIpc) is 2.96. The largest absolute Gasteiger partial charge is 0.419 e. The molecule has 30 heavy (non-hydrogen) atoms. The van der Waals surface area contributed by atoms with Gasteiger partial charge >= 0.3 is 5.76 Å². The zero-order valence-corrected chi connectivity index (χ0v) is 18.3. The lowest BCUT2D eigenvalue weighted by atomic mass is 10.0. The molecule has 1 unspecified atom stereocenters. The van der Waals surface area contributed by atoms with E-state index in [0.29, 0.717) is 11.2 Å². The number of carbonyl (C=O) groups excluding carboxylic acids is 1. The molecule has 3 aromatic rings. The predicted octanol–water partition coefficient (Wildman–Crippen LogP) is 2.69. The van der Waals surface area contributed by atoms with Gasteiger partial charge in [0.1, 0.15) is 6.04 Å². The third-order valence-corrected chi connectivity index (χ3v) is 6.40. The highest BCUT2D eigenvalue weighted by atomic mass is 32.2. The molecule has 0 aliphatic heterocycles. The minimum Gasteiger partial charge on any atom is -0.408 e. The van der Waals surface area contributed by atoms with Crippen molar-refractivity contribution in [2.24, 2.45) is 13.0 Å². The summed E-state index contributed by atoms with van der Waals surface area (Å²) in [6.45, 7) is 7.30. The molecule has 2 aromatic carbocycles. The maximum absolute atomic E-state index is 12.9. The Labute approximate surface area is 174 Å². The van der Waals surface area contributed by atoms with Gasteiger partial charge in [-0.1, -0.05) is 26.0 Å². The molecule has 1 atom stereocenters. The number of hydrogen-bond acceptors (Lipinski definition) is 5. The first-order chi connectivity index (χ1) is 14.0. The molecule has 1 amide bonds. The van der Waals surface area contributed by atoms with Crippen molar-refractivity contribution in [1.29, 1.82) is 0 Å². The summed E-state index contributed by atoms with van der Waals surface area (Å²) in [5.41, 5.74) is 3.13. The number of anilines is 1. The second kappa shape index (κ2) is 8.08. The maximum Gasteiger partial charge on any atom is 0.419 e. The molecule has 0 aliphatic carbocycles. The van der Waals surface area contributed by atoms with Gasteiger partial charge in [0.05, 0.1) is 10.4 Å². The number of nitrogens with zero attached hydrogens (tertiary/aromatic N) is 1. The number of aromatic nitrogens is 1. The number of fused-ring (bicyclic) bond motifs is 1. The Morgan fingerprint density at radius 2 is 1.80 bits per heavy atom. The summed E-state index contributed by atoms with van der Waals surface area (Å²) < 4.78 is 34.7. The van der Waals surface area contributed by atoms with E-state index in [0.717, 1.165) is 11.1 Å². The molecule has 1 heterocycles. The van der Waals surface area contributed by atoms with Gasteiger partial charge < -0.3 is 9.73 Å². The van der Waals surface area contributed by atoms with Gasteiger partial charge in [-0.25, -0.2) is 13.2 Å². The molecule has 0 fully saturated rings. The molecule has 2 N–H and O–H groups in total. The first kappa shape index (κ1) is 21.8. The highest BCUT2D eigenvalue weighted by Crippen LogP contribution is 2.21. The van der Waals surface area contributed by atoms with E-state index in [1.165, 1.54) is 29.8 Å². The fraction of sp³-hybridized carbons (Fsp3) is 0.333. The number of aryl methyl sites for hydroxylation is 3. The van der Waals surface area contributed by atoms with Gasteiger partial charge in [0.2, 0.25) is 15.9 Å². The topological polar surface area (TPSA) is 110 Å². The van der Waals surface area contributed by atoms with Crippen LogP contribution in [-0.2, 0) is 21.9 Å². The highest BCUT2D eigenvalue weighted by Gasteiger charge is 2.29. The van der Waals surface area contributed by atoms with Gasteiger partial charge in [-0.3, -0.25) is 9.36 Å². The summed E-state index contributed by atoms with van der Waals surface area (Å²) in [7, 11) is -2.50. The van der Waals surface area contributed by atoms with E-state index >= 15 is 0 Å². The predicted molar refractivity (Wildman–Crippen MR) is 115 cm³/mol. The molecule has 0 saturated heterocycles. The zero-order valence-electron chi connectivity index (χ0n) is 17.5. The first-order valence-electron chi connectivity index (χ1n) is 9.49. The van der Waals surface area contributed by atoms with Gasteiger partial charge in [-0.05, 0) is 49.1 Å². The lowest BCUT2D eigenvalue weighted by Gasteiger charge is -2.22. The van der Waals surface area contributed by atoms with Crippen LogP contribution in [0.25, 0.3) is 11.1 Å². The first-order valence-corrected chi connectivity index (χ1v) is 11.0. The molecule has 0 bridgehead atoms. The molecule has 1 aromatic heterocycles. The van der Waals surface area contributed by atoms with Crippen molar-refractivity contribution in [3.8, 4) is 0 Å². The van der Waals surface area contributed by atoms with Crippen LogP contribution in [0.15, 0.2) is 50.5 Å². The van der Waals surface area contributed by atoms with Crippen molar-refractivity contribution in [3.63, 3.8) is 0 Å². The standard InChI is InChI=1S/C21H25N3O5S/c1-12(2)19(20(25)22-16-10-13(3)6-7-14(16)4)23-30(27,28)15-8-9-17-18(11-15)29-21(26)24(17)5/h6-12,19,23H,1-5H3,(H,22,25). The van der Waals surface area contributed by atoms with Gasteiger partial charge in [0, 0.05) is 18.8 Å². The molecular formula is C21H25N3O5S. The molecule has 0 spiro atoms. The molecule has 8 nitrogen and oxygen atoms in total. The quantitative estimate of drug-likeness (QED) is 0.623. The van der Waals surface area contributed by atoms with Crippen LogP contribution in [0.4, 0.5) is 5.69 Å². The minimum atomic E-state index is -4.04. The third-order valence-electron chi connectivity index (χ3n) is 4.96. The fourth-order valence-electron chi connectivity index (χ4n) is 3.09. The number of hydrogen-bond donors (Lipinski definition) is 2. The summed E-state index contributed by atoms with van der Waals surface area (Å²) in [4.78, 5) is 24.5. The van der Waals surface area contributed by atoms with E-state index in [1.54, 1.807) is 13.8 Å². The maximum atomic E-state index is 12.9. The van der Waals surface area contributed by atoms with Crippen LogP contribution < -0.4 is 15.8 Å². The van der Waals surface area contributed by atoms with E-state index in [-0.39, 0.29) is 16.4 Å². The van der Waals surface area contributed by atoms with Crippen LogP contribution in [-0.4, -0.2) is 24.9 Å². The zero-order chi connectivity index (χ0) is 22.2. The second-order valence-electron chi connectivity index (χ2n) is 7.71. The van der Waals surface area contributed by atoms with Crippen molar-refractivity contribution < 1.29 is 17.6 Å². The summed E-state index contributed by atoms with van der Waals surface area (Å²) in [6, 6.07) is 8.82. The van der Waals surface area contributed by atoms with E-state index in [2.05, 4.69) is 10.0 Å². The molecule has 9 heteroatoms. The number of oxazole rings is 1. The second-order valence-corrected chi connectivity index (χ2v) is 9.42. The normalized spacial score (nSPS) is 13.0. The van der Waals surface area contributed by atoms with Gasteiger partial charge in [-0.2, -0.15) is 4.72 Å². The van der Waals surface area contributed by atoms with E-state index in [4.69, 9.17) is 4.42 Å². The van der Waals surface area contributed by atoms with Gasteiger partial charge in [-0.15, -0.1) is 0 Å². The summed E-state index contributed by atoms with van der Waals surface area (Å²) >= 11 is 0. The number of amides is 1. The Bertz CT molecular complexity index is 1270. The van der Waals surface area contributed by atoms with Crippen LogP contribution in [0.5, 0.6) is 0 Å². The lowest BCUT2D eigenvalue weighted by Crippen LogP contribution is -2.47. The van der Waals surface area contributed by atoms with Crippen molar-refractivity contribution >= 4 is 32.7 Å². The smallest absolute Gasteiger partial charge is 0.408 e. The minimum absolute atomic E-state index is 0.0884. The Kier molecular flexibility index (Phi) is 5.87. The summed E-state index contributed by atoms with van der Waals surface area (Å²) in [5.74, 6) is -1.33. The molecule has 0 saturated carbocycles. The van der Waals surface area contributed by atoms with Crippen LogP contribution in [0, 0.1) is 19.8 Å². The van der Waals surface area contributed by atoms with Crippen molar-refractivity contribution in [3.05, 3.63) is 58.1 Å². The Morgan fingerprint density at radius 3 is 2.47 bits per heavy atom. The van der Waals surface area contributed by atoms with Crippen molar-refractivity contribution in [2.45, 2.75) is 38.6 Å². The number of benzene rings is 2. The third kappa shape index (κ3) is 4.31. The fourth-order valence-corrected chi connectivity index (χ4v) is 4.45. The molecule has 160 valence electrons. The van der Waals surface area contributed by atoms with E-state index in [9.17, 15) is 18.0 Å². The number of sulfonamides is 1. The van der Waals surface area contributed by atoms with Crippen molar-refractivity contribution in [1.82, 2.24) is 9.29 Å². The highest BCUT2D eigenvalue weighted by molar-refractivity contribution is 7.89. The summed E-state index contributed by atoms with van der Waals surface area (Å²) in [6.07, 6.45) is 0. The Morgan fingerprint density at radius 1 is 1.10 bits per heavy atom. The number of carbonyl (C=O) groups is 1. The summed E-state index contributed by atoms with van der Waals surface area (Å²) in [5, 5.41) is 2.82. The Hall–Kier alpha value is -2.91. The van der Waals surface area contributed by atoms with Crippen molar-refractivity contribution in [2.75, 3.05) is 5.32 Å². The SMILES string of the molecule is Cc1ccc(C)c(NC(=O)C(NS(=O)(=O)c2ccc3c(c2)oc(=O)n3C)C(C)C)c1. The monoisotopic (exact) mass is 431 g/mol. The molecule has 3 rings (SSSR count). The number of nitrogens with one attached hydrogen (secondary N) is 2. The van der Waals surface area contributed by atoms with Gasteiger partial charge in [0.25, 0.3) is 0 Å². The van der Waals surface area contributed by atoms with Crippen LogP contribution >= 0.6 is 0 Å². The van der Waals surface area contributed by atoms with E-state index < -0.39 is 27.7 Å². The molecule has 0 aliphatic rings. The lowest BCUT2D eigenvalue weighted by molar-refractivity contribution is -0.118. The van der Waals surface area contributed by atoms with Crippen LogP contribution in [0.1, 0.15) is 25.0 Å². The average molecular weight is 432 g/mol. The van der Waals surface area contributed by atoms with E-state index in [1.807, 2.05) is 32.0 Å².